The number of unbranched alkanes of at least 4 members (excludes halogenated alkanes) is 12. The van der Waals surface area contributed by atoms with Crippen molar-refractivity contribution in [2.24, 2.45) is 11.8 Å². The van der Waals surface area contributed by atoms with Gasteiger partial charge in [0.2, 0.25) is 0 Å². The maximum atomic E-state index is 12.6. The van der Waals surface area contributed by atoms with Crippen molar-refractivity contribution in [1.29, 1.82) is 0 Å². The van der Waals surface area contributed by atoms with Gasteiger partial charge in [0.05, 0.1) is 18.8 Å². The number of aliphatic hydroxyl groups is 6. The molecule has 5 unspecified atom stereocenters. The van der Waals surface area contributed by atoms with Gasteiger partial charge in [-0.25, -0.2) is 0 Å². The lowest BCUT2D eigenvalue weighted by molar-refractivity contribution is -0.321. The maximum Gasteiger partial charge on any atom is 0.306 e. The molecule has 0 aromatic carbocycles. The molecule has 10 heteroatoms. The lowest BCUT2D eigenvalue weighted by Crippen LogP contribution is -2.64. The first kappa shape index (κ1) is 35.3. The first-order valence-corrected chi connectivity index (χ1v) is 15.7. The number of rotatable bonds is 18. The molecule has 2 fully saturated rings. The minimum atomic E-state index is -1.63. The largest absolute Gasteiger partial charge is 0.459 e. The molecule has 1 aliphatic carbocycles. The normalized spacial score (nSPS) is 36.5. The number of carbonyl (C=O) groups excluding carboxylic acids is 1. The molecule has 0 amide bonds. The third-order valence-corrected chi connectivity index (χ3v) is 8.64. The van der Waals surface area contributed by atoms with Gasteiger partial charge in [-0.2, -0.15) is 0 Å². The monoisotopic (exact) mass is 576 g/mol. The summed E-state index contributed by atoms with van der Waals surface area (Å²) in [7, 11) is 0. The van der Waals surface area contributed by atoms with Gasteiger partial charge >= 0.3 is 5.97 Å². The van der Waals surface area contributed by atoms with Crippen LogP contribution < -0.4 is 0 Å². The summed E-state index contributed by atoms with van der Waals surface area (Å²) in [6.07, 6.45) is 4.17. The van der Waals surface area contributed by atoms with Gasteiger partial charge in [-0.05, 0) is 6.42 Å². The Bertz CT molecular complexity index is 691. The lowest BCUT2D eigenvalue weighted by atomic mass is 9.79. The second kappa shape index (κ2) is 18.6. The molecule has 1 saturated carbocycles. The molecule has 0 spiro atoms. The van der Waals surface area contributed by atoms with E-state index in [-0.39, 0.29) is 6.42 Å². The van der Waals surface area contributed by atoms with E-state index in [9.17, 15) is 35.4 Å². The molecule has 0 radical (unpaired) electrons. The smallest absolute Gasteiger partial charge is 0.306 e. The molecule has 2 rings (SSSR count). The van der Waals surface area contributed by atoms with Crippen molar-refractivity contribution in [3.63, 3.8) is 0 Å². The average Bonchev–Trinajstić information content (AvgIpc) is 2.94. The Morgan fingerprint density at radius 2 is 1.15 bits per heavy atom. The van der Waals surface area contributed by atoms with Gasteiger partial charge in [0.1, 0.15) is 36.6 Å². The van der Waals surface area contributed by atoms with Gasteiger partial charge < -0.3 is 44.8 Å². The summed E-state index contributed by atoms with van der Waals surface area (Å²) >= 11 is 0. The number of hydrogen-bond acceptors (Lipinski definition) is 10. The molecule has 10 nitrogen and oxygen atoms in total. The summed E-state index contributed by atoms with van der Waals surface area (Å²) in [6, 6.07) is 0. The van der Waals surface area contributed by atoms with Crippen molar-refractivity contribution >= 4 is 5.97 Å². The van der Waals surface area contributed by atoms with Gasteiger partial charge in [0.15, 0.2) is 6.29 Å². The molecule has 1 heterocycles. The van der Waals surface area contributed by atoms with Crippen LogP contribution in [0.3, 0.4) is 0 Å². The van der Waals surface area contributed by atoms with Crippen LogP contribution in [0.5, 0.6) is 0 Å². The predicted octanol–water partition coefficient (Wildman–Crippen LogP) is 2.57. The van der Waals surface area contributed by atoms with Crippen LogP contribution in [-0.4, -0.2) is 98.3 Å². The van der Waals surface area contributed by atoms with Crippen molar-refractivity contribution in [3.05, 3.63) is 0 Å². The number of aliphatic hydroxyl groups excluding tert-OH is 6. The molecule has 1 aliphatic heterocycles. The molecular weight excluding hydrogens is 520 g/mol. The molecule has 236 valence electrons. The minimum absolute atomic E-state index is 0.197. The number of hydrogen-bond donors (Lipinski definition) is 6. The van der Waals surface area contributed by atoms with Crippen molar-refractivity contribution in [1.82, 2.24) is 0 Å². The highest BCUT2D eigenvalue weighted by Crippen LogP contribution is 2.35. The molecule has 6 N–H and O–H groups in total. The van der Waals surface area contributed by atoms with Crippen LogP contribution in [0.1, 0.15) is 111 Å². The van der Waals surface area contributed by atoms with Gasteiger partial charge in [0, 0.05) is 18.3 Å². The Kier molecular flexibility index (Phi) is 16.5. The summed E-state index contributed by atoms with van der Waals surface area (Å²) in [6.45, 7) is 4.91. The average molecular weight is 577 g/mol. The molecule has 2 aliphatic rings. The van der Waals surface area contributed by atoms with E-state index in [1.807, 2.05) is 0 Å². The van der Waals surface area contributed by atoms with E-state index in [0.717, 1.165) is 19.3 Å². The number of ether oxygens (including phenoxy) is 3. The van der Waals surface area contributed by atoms with Crippen molar-refractivity contribution in [2.45, 2.75) is 166 Å². The van der Waals surface area contributed by atoms with Gasteiger partial charge in [-0.3, -0.25) is 4.79 Å². The Morgan fingerprint density at radius 1 is 0.650 bits per heavy atom. The van der Waals surface area contributed by atoms with E-state index in [2.05, 4.69) is 6.92 Å². The van der Waals surface area contributed by atoms with E-state index >= 15 is 0 Å². The fraction of sp³-hybridized carbons (Fsp3) is 0.967. The maximum absolute atomic E-state index is 12.6. The third-order valence-electron chi connectivity index (χ3n) is 8.64. The predicted molar refractivity (Wildman–Crippen MR) is 149 cm³/mol. The Balaban J connectivity index is 1.73. The SMILES string of the molecule is CCCCCCCCCCCCCCCC(=O)O[C@@H]1C(O)C(O)[C@H](O)[C@H](O[C@H]2OC(CO)[C@@H](O)[C@H](O)C2C)C1C. The van der Waals surface area contributed by atoms with Crippen LogP contribution in [0.4, 0.5) is 0 Å². The number of esters is 1. The van der Waals surface area contributed by atoms with E-state index in [1.54, 1.807) is 13.8 Å². The van der Waals surface area contributed by atoms with Crippen LogP contribution in [-0.2, 0) is 19.0 Å². The first-order valence-electron chi connectivity index (χ1n) is 15.7. The van der Waals surface area contributed by atoms with E-state index in [4.69, 9.17) is 14.2 Å². The van der Waals surface area contributed by atoms with Crippen molar-refractivity contribution in [3.8, 4) is 0 Å². The molecule has 40 heavy (non-hydrogen) atoms. The third kappa shape index (κ3) is 10.5. The zero-order valence-electron chi connectivity index (χ0n) is 24.8. The molecule has 11 atom stereocenters. The zero-order chi connectivity index (χ0) is 29.7. The fourth-order valence-electron chi connectivity index (χ4n) is 5.81. The van der Waals surface area contributed by atoms with Crippen LogP contribution in [0.2, 0.25) is 0 Å². The highest BCUT2D eigenvalue weighted by molar-refractivity contribution is 5.69. The summed E-state index contributed by atoms with van der Waals surface area (Å²) < 4.78 is 17.1. The summed E-state index contributed by atoms with van der Waals surface area (Å²) in [5.41, 5.74) is 0. The van der Waals surface area contributed by atoms with Crippen LogP contribution >= 0.6 is 0 Å². The topological polar surface area (TPSA) is 166 Å². The second-order valence-electron chi connectivity index (χ2n) is 11.9. The van der Waals surface area contributed by atoms with Gasteiger partial charge in [0.25, 0.3) is 0 Å². The first-order chi connectivity index (χ1) is 19.1. The van der Waals surface area contributed by atoms with Crippen molar-refractivity contribution < 1.29 is 49.6 Å². The molecule has 0 aromatic heterocycles. The standard InChI is InChI=1S/C30H56O10/c1-4-5-6-7-8-9-10-11-12-13-14-15-16-17-22(32)39-28-20(3)29(27(37)25(35)26(28)36)40-30-19(2)23(33)24(34)21(18-31)38-30/h19-21,23-31,33-37H,4-18H2,1-3H3/t19?,20?,21?,23-,24-,25?,26?,27+,28+,29-,30-/m1/s1. The molecule has 0 bridgehead atoms. The van der Waals surface area contributed by atoms with E-state index in [1.165, 1.54) is 57.8 Å². The van der Waals surface area contributed by atoms with E-state index < -0.39 is 79.5 Å². The minimum Gasteiger partial charge on any atom is -0.459 e. The number of carbonyl (C=O) groups is 1. The summed E-state index contributed by atoms with van der Waals surface area (Å²) in [5, 5.41) is 61.5. The molecular formula is C30H56O10. The molecule has 1 saturated heterocycles. The Labute approximate surface area is 240 Å². The van der Waals surface area contributed by atoms with Crippen LogP contribution in [0.25, 0.3) is 0 Å². The summed E-state index contributed by atoms with van der Waals surface area (Å²) in [4.78, 5) is 12.6. The van der Waals surface area contributed by atoms with Crippen LogP contribution in [0, 0.1) is 11.8 Å². The van der Waals surface area contributed by atoms with Gasteiger partial charge in [-0.1, -0.05) is 97.8 Å². The Morgan fingerprint density at radius 3 is 1.68 bits per heavy atom. The highest BCUT2D eigenvalue weighted by Gasteiger charge is 2.52. The van der Waals surface area contributed by atoms with E-state index in [0.29, 0.717) is 6.42 Å². The second-order valence-corrected chi connectivity index (χ2v) is 11.9. The fourth-order valence-corrected chi connectivity index (χ4v) is 5.81. The van der Waals surface area contributed by atoms with Crippen LogP contribution in [0.15, 0.2) is 0 Å². The quantitative estimate of drug-likeness (QED) is 0.105. The Hall–Kier alpha value is -0.850. The highest BCUT2D eigenvalue weighted by atomic mass is 16.7. The van der Waals surface area contributed by atoms with Crippen molar-refractivity contribution in [2.75, 3.05) is 6.61 Å². The van der Waals surface area contributed by atoms with Gasteiger partial charge in [-0.15, -0.1) is 0 Å². The lowest BCUT2D eigenvalue weighted by Gasteiger charge is -2.47. The molecule has 0 aromatic rings. The summed E-state index contributed by atoms with van der Waals surface area (Å²) in [5.74, 6) is -1.91. The zero-order valence-corrected chi connectivity index (χ0v) is 24.8.